The van der Waals surface area contributed by atoms with Crippen LogP contribution in [-0.2, 0) is 0 Å². The zero-order valence-corrected chi connectivity index (χ0v) is 28.7. The fraction of sp³-hybridized carbons (Fsp3) is 1.00. The van der Waals surface area contributed by atoms with Crippen LogP contribution < -0.4 is 0 Å². The van der Waals surface area contributed by atoms with Crippen LogP contribution in [0.5, 0.6) is 0 Å². The molecule has 186 valence electrons. The van der Waals surface area contributed by atoms with Crippen LogP contribution in [-0.4, -0.2) is 36.8 Å². The maximum absolute atomic E-state index is 2.45. The average Bonchev–Trinajstić information content (AvgIpc) is 3.30. The minimum absolute atomic E-state index is 1.28. The number of unbranched alkanes of at least 4 members (excludes halogenated alkanes) is 6. The first-order valence-electron chi connectivity index (χ1n) is 15.1. The van der Waals surface area contributed by atoms with Gasteiger partial charge in [0.05, 0.1) is 0 Å². The van der Waals surface area contributed by atoms with Gasteiger partial charge in [-0.2, -0.15) is 0 Å². The summed E-state index contributed by atoms with van der Waals surface area (Å²) in [6, 6.07) is 0. The molecule has 0 radical (unpaired) electrons. The summed E-state index contributed by atoms with van der Waals surface area (Å²) < 4.78 is 13.1. The van der Waals surface area contributed by atoms with Crippen molar-refractivity contribution in [3.05, 3.63) is 0 Å². The fourth-order valence-electron chi connectivity index (χ4n) is 7.24. The van der Waals surface area contributed by atoms with Crippen LogP contribution >= 0.6 is 0 Å². The number of hydrogen-bond donors (Lipinski definition) is 0. The molecule has 2 heteroatoms. The third kappa shape index (κ3) is 10.0. The van der Waals surface area contributed by atoms with Gasteiger partial charge in [-0.1, -0.05) is 0 Å². The van der Waals surface area contributed by atoms with Crippen molar-refractivity contribution < 1.29 is 0 Å². The second-order valence-electron chi connectivity index (χ2n) is 11.6. The molecule has 2 atom stereocenters. The van der Waals surface area contributed by atoms with E-state index in [0.29, 0.717) is 0 Å². The molecule has 0 aromatic heterocycles. The zero-order chi connectivity index (χ0) is 23.0. The van der Waals surface area contributed by atoms with Crippen molar-refractivity contribution in [1.29, 1.82) is 0 Å². The van der Waals surface area contributed by atoms with Crippen LogP contribution in [0.15, 0.2) is 0 Å². The van der Waals surface area contributed by atoms with Crippen LogP contribution in [0.25, 0.3) is 0 Å². The Bertz CT molecular complexity index is 337. The first-order valence-corrected chi connectivity index (χ1v) is 30.5. The van der Waals surface area contributed by atoms with Crippen molar-refractivity contribution in [3.8, 4) is 0 Å². The molecule has 0 spiro atoms. The quantitative estimate of drug-likeness (QED) is 0.115. The van der Waals surface area contributed by atoms with E-state index in [1.165, 1.54) is 46.4 Å². The molecule has 0 aliphatic heterocycles. The van der Waals surface area contributed by atoms with Crippen LogP contribution in [0.3, 0.4) is 0 Å². The first-order chi connectivity index (χ1) is 15.1. The van der Waals surface area contributed by atoms with Crippen molar-refractivity contribution in [2.24, 2.45) is 0 Å². The Kier molecular flexibility index (Phi) is 17.7. The van der Waals surface area contributed by atoms with Crippen LogP contribution in [0.4, 0.5) is 0 Å². The molecule has 0 amide bonds. The molecule has 1 rings (SSSR count). The summed E-state index contributed by atoms with van der Waals surface area (Å²) in [5.41, 5.74) is 0. The van der Waals surface area contributed by atoms with Gasteiger partial charge < -0.3 is 0 Å². The van der Waals surface area contributed by atoms with Crippen molar-refractivity contribution in [1.82, 2.24) is 0 Å². The van der Waals surface area contributed by atoms with E-state index in [0.717, 1.165) is 0 Å². The van der Waals surface area contributed by atoms with E-state index < -0.39 is 36.8 Å². The predicted molar refractivity (Wildman–Crippen MR) is 151 cm³/mol. The van der Waals surface area contributed by atoms with Gasteiger partial charge in [0.1, 0.15) is 0 Å². The van der Waals surface area contributed by atoms with E-state index in [-0.39, 0.29) is 0 Å². The molecule has 0 heterocycles. The molecule has 31 heavy (non-hydrogen) atoms. The van der Waals surface area contributed by atoms with Crippen molar-refractivity contribution >= 4 is 36.8 Å². The maximum atomic E-state index is 2.45. The molecule has 1 saturated carbocycles. The van der Waals surface area contributed by atoms with E-state index in [1.54, 1.807) is 84.4 Å². The Hall–Kier alpha value is 1.60. The molecular weight excluding hydrogens is 586 g/mol. The first kappa shape index (κ1) is 30.6. The molecule has 2 unspecified atom stereocenters. The third-order valence-electron chi connectivity index (χ3n) is 9.33. The number of hydrogen-bond acceptors (Lipinski definition) is 0. The Morgan fingerprint density at radius 1 is 0.419 bits per heavy atom. The van der Waals surface area contributed by atoms with Crippen LogP contribution in [0.2, 0.25) is 34.5 Å². The molecule has 0 nitrogen and oxygen atoms in total. The molecule has 1 aliphatic rings. The summed E-state index contributed by atoms with van der Waals surface area (Å²) in [5, 5.41) is 0. The molecule has 0 aromatic rings. The summed E-state index contributed by atoms with van der Waals surface area (Å²) in [7, 11) is 0. The van der Waals surface area contributed by atoms with E-state index in [9.17, 15) is 0 Å². The van der Waals surface area contributed by atoms with Gasteiger partial charge in [-0.05, 0) is 0 Å². The molecular formula is C29H62Sn2. The summed E-state index contributed by atoms with van der Waals surface area (Å²) in [4.78, 5) is 0. The molecule has 0 saturated heterocycles. The van der Waals surface area contributed by atoms with Gasteiger partial charge >= 0.3 is 209 Å². The van der Waals surface area contributed by atoms with E-state index in [2.05, 4.69) is 41.5 Å². The van der Waals surface area contributed by atoms with Crippen molar-refractivity contribution in [2.75, 3.05) is 0 Å². The number of rotatable bonds is 20. The second-order valence-corrected chi connectivity index (χ2v) is 40.3. The second kappa shape index (κ2) is 17.9. The summed E-state index contributed by atoms with van der Waals surface area (Å²) >= 11 is -4.06. The van der Waals surface area contributed by atoms with Crippen molar-refractivity contribution in [3.63, 3.8) is 0 Å². The van der Waals surface area contributed by atoms with Gasteiger partial charge in [0.2, 0.25) is 0 Å². The van der Waals surface area contributed by atoms with Gasteiger partial charge in [-0.15, -0.1) is 0 Å². The van der Waals surface area contributed by atoms with Gasteiger partial charge in [0.15, 0.2) is 0 Å². The molecule has 0 aromatic carbocycles. The summed E-state index contributed by atoms with van der Waals surface area (Å²) in [6.07, 6.45) is 23.2. The van der Waals surface area contributed by atoms with E-state index in [1.807, 2.05) is 0 Å². The van der Waals surface area contributed by atoms with Gasteiger partial charge in [0.25, 0.3) is 0 Å². The minimum atomic E-state index is -2.03. The van der Waals surface area contributed by atoms with Gasteiger partial charge in [0, 0.05) is 0 Å². The van der Waals surface area contributed by atoms with Gasteiger partial charge in [-0.25, -0.2) is 0 Å². The van der Waals surface area contributed by atoms with E-state index >= 15 is 0 Å². The van der Waals surface area contributed by atoms with Crippen LogP contribution in [0.1, 0.15) is 138 Å². The molecule has 1 fully saturated rings. The van der Waals surface area contributed by atoms with E-state index in [4.69, 9.17) is 0 Å². The SMILES string of the molecule is CCC[CH2][Sn]([CH2]CCC)([CH2]CCC)[CH]1CC[CH]([Sn]([CH2]CCC)([CH2]CCC)[CH2]CCC)C1. The Morgan fingerprint density at radius 2 is 0.645 bits per heavy atom. The molecule has 0 N–H and O–H groups in total. The van der Waals surface area contributed by atoms with Crippen LogP contribution in [0, 0.1) is 0 Å². The third-order valence-corrected chi connectivity index (χ3v) is 45.3. The monoisotopic (exact) mass is 650 g/mol. The fourth-order valence-corrected chi connectivity index (χ4v) is 47.5. The van der Waals surface area contributed by atoms with Crippen molar-refractivity contribution in [2.45, 2.75) is 172 Å². The molecule has 0 bridgehead atoms. The predicted octanol–water partition coefficient (Wildman–Crippen LogP) is 11.6. The summed E-state index contributed by atoms with van der Waals surface area (Å²) in [5.74, 6) is 0. The Morgan fingerprint density at radius 3 is 0.839 bits per heavy atom. The summed E-state index contributed by atoms with van der Waals surface area (Å²) in [6.45, 7) is 14.7. The normalized spacial score (nSPS) is 19.9. The molecule has 1 aliphatic carbocycles. The Labute approximate surface area is 207 Å². The standard InChI is InChI=1S/C5H8.6C4H9.2Sn/c1-2-4-5-3-1;6*1-3-4-2;;/h1,4H,2-3,5H2;6*1,3-4H2,2H3;;. The average molecular weight is 648 g/mol. The topological polar surface area (TPSA) is 0 Å². The Balaban J connectivity index is 3.11. The zero-order valence-electron chi connectivity index (χ0n) is 23.0. The van der Waals surface area contributed by atoms with Gasteiger partial charge in [-0.3, -0.25) is 0 Å².